The van der Waals surface area contributed by atoms with E-state index in [0.29, 0.717) is 29.6 Å². The maximum atomic E-state index is 12.7. The van der Waals surface area contributed by atoms with E-state index < -0.39 is 5.97 Å². The molecule has 1 aromatic rings. The molecule has 4 heteroatoms. The Balaban J connectivity index is 1.54. The van der Waals surface area contributed by atoms with Gasteiger partial charge in [0.15, 0.2) is 5.76 Å². The van der Waals surface area contributed by atoms with Gasteiger partial charge >= 0.3 is 5.97 Å². The van der Waals surface area contributed by atoms with Crippen LogP contribution in [0.3, 0.4) is 0 Å². The summed E-state index contributed by atoms with van der Waals surface area (Å²) in [6, 6.07) is 8.74. The summed E-state index contributed by atoms with van der Waals surface area (Å²) in [5.74, 6) is 0.685. The van der Waals surface area contributed by atoms with Crippen LogP contribution in [-0.4, -0.2) is 17.5 Å². The minimum Gasteiger partial charge on any atom is -0.418 e. The first-order valence-corrected chi connectivity index (χ1v) is 10.8. The summed E-state index contributed by atoms with van der Waals surface area (Å²) in [6.07, 6.45) is 11.1. The first-order chi connectivity index (χ1) is 14.3. The number of carbonyl (C=O) groups excluding carboxylic acids is 3. The van der Waals surface area contributed by atoms with Gasteiger partial charge < -0.3 is 4.74 Å². The zero-order chi connectivity index (χ0) is 21.1. The normalized spacial score (nSPS) is 36.9. The monoisotopic (exact) mass is 402 g/mol. The van der Waals surface area contributed by atoms with Gasteiger partial charge in [-0.05, 0) is 55.2 Å². The Morgan fingerprint density at radius 2 is 1.80 bits per heavy atom. The van der Waals surface area contributed by atoms with Gasteiger partial charge in [-0.1, -0.05) is 50.3 Å². The van der Waals surface area contributed by atoms with E-state index in [9.17, 15) is 14.4 Å². The Kier molecular flexibility index (Phi) is 4.25. The molecule has 2 fully saturated rings. The van der Waals surface area contributed by atoms with Gasteiger partial charge in [0.05, 0.1) is 5.56 Å². The standard InChI is InChI=1S/C26H26O4/c1-25-15-13-21(27)23(30-24(29)16-6-4-3-5-7-16)20(25)9-8-17-18-10-11-22(28)26(18,2)14-12-19(17)25/h3-9,13,15,17-19H,10-12,14H2,1-2H3. The number of carbonyl (C=O) groups is 3. The quantitative estimate of drug-likeness (QED) is 0.665. The third-order valence-corrected chi connectivity index (χ3v) is 8.13. The lowest BCUT2D eigenvalue weighted by Gasteiger charge is -2.53. The van der Waals surface area contributed by atoms with Crippen LogP contribution in [0.5, 0.6) is 0 Å². The minimum absolute atomic E-state index is 0.138. The maximum Gasteiger partial charge on any atom is 0.343 e. The number of fused-ring (bicyclic) bond motifs is 5. The number of Topliss-reactive ketones (excluding diaryl/α,β-unsaturated/α-hetero) is 1. The van der Waals surface area contributed by atoms with Crippen molar-refractivity contribution >= 4 is 17.5 Å². The van der Waals surface area contributed by atoms with Gasteiger partial charge in [-0.2, -0.15) is 0 Å². The molecule has 0 aliphatic heterocycles. The van der Waals surface area contributed by atoms with Gasteiger partial charge in [0, 0.05) is 22.8 Å². The Bertz CT molecular complexity index is 1030. The Morgan fingerprint density at radius 3 is 2.57 bits per heavy atom. The van der Waals surface area contributed by atoms with E-state index in [4.69, 9.17) is 4.74 Å². The van der Waals surface area contributed by atoms with Crippen molar-refractivity contribution in [3.8, 4) is 0 Å². The fourth-order valence-electron chi connectivity index (χ4n) is 6.34. The Labute approximate surface area is 176 Å². The molecule has 5 atom stereocenters. The lowest BCUT2D eigenvalue weighted by atomic mass is 9.50. The summed E-state index contributed by atoms with van der Waals surface area (Å²) in [4.78, 5) is 37.9. The lowest BCUT2D eigenvalue weighted by molar-refractivity contribution is -0.130. The topological polar surface area (TPSA) is 60.4 Å². The molecular formula is C26H26O4. The molecular weight excluding hydrogens is 376 g/mol. The number of ether oxygens (including phenoxy) is 1. The minimum atomic E-state index is -0.516. The van der Waals surface area contributed by atoms with Gasteiger partial charge in [0.25, 0.3) is 0 Å². The number of ketones is 2. The van der Waals surface area contributed by atoms with Crippen LogP contribution in [0.1, 0.15) is 49.9 Å². The van der Waals surface area contributed by atoms with Crippen molar-refractivity contribution in [1.29, 1.82) is 0 Å². The maximum absolute atomic E-state index is 12.7. The average molecular weight is 402 g/mol. The number of hydrogen-bond acceptors (Lipinski definition) is 4. The molecule has 5 unspecified atom stereocenters. The van der Waals surface area contributed by atoms with Gasteiger partial charge in [-0.25, -0.2) is 4.79 Å². The van der Waals surface area contributed by atoms with Crippen molar-refractivity contribution in [2.24, 2.45) is 28.6 Å². The predicted octanol–water partition coefficient (Wildman–Crippen LogP) is 4.82. The molecule has 0 bridgehead atoms. The molecule has 30 heavy (non-hydrogen) atoms. The summed E-state index contributed by atoms with van der Waals surface area (Å²) in [5.41, 5.74) is 0.602. The first kappa shape index (κ1) is 19.2. The van der Waals surface area contributed by atoms with Crippen molar-refractivity contribution in [1.82, 2.24) is 0 Å². The van der Waals surface area contributed by atoms with Crippen molar-refractivity contribution in [2.45, 2.75) is 39.5 Å². The fourth-order valence-corrected chi connectivity index (χ4v) is 6.34. The van der Waals surface area contributed by atoms with Gasteiger partial charge in [0.2, 0.25) is 5.78 Å². The number of benzene rings is 1. The molecule has 154 valence electrons. The molecule has 0 saturated heterocycles. The number of allylic oxidation sites excluding steroid dienone is 5. The van der Waals surface area contributed by atoms with Crippen molar-refractivity contribution in [3.63, 3.8) is 0 Å². The van der Waals surface area contributed by atoms with Crippen LogP contribution in [0.4, 0.5) is 0 Å². The van der Waals surface area contributed by atoms with E-state index in [1.54, 1.807) is 30.3 Å². The number of esters is 1. The highest BCUT2D eigenvalue weighted by atomic mass is 16.5. The van der Waals surface area contributed by atoms with Gasteiger partial charge in [-0.3, -0.25) is 9.59 Å². The van der Waals surface area contributed by atoms with E-state index in [2.05, 4.69) is 19.9 Å². The predicted molar refractivity (Wildman–Crippen MR) is 112 cm³/mol. The molecule has 4 aliphatic carbocycles. The van der Waals surface area contributed by atoms with Crippen molar-refractivity contribution in [2.75, 3.05) is 0 Å². The smallest absolute Gasteiger partial charge is 0.343 e. The van der Waals surface area contributed by atoms with E-state index >= 15 is 0 Å². The molecule has 4 aliphatic rings. The summed E-state index contributed by atoms with van der Waals surface area (Å²) in [6.45, 7) is 4.28. The highest BCUT2D eigenvalue weighted by Crippen LogP contribution is 2.62. The van der Waals surface area contributed by atoms with Gasteiger partial charge in [-0.15, -0.1) is 0 Å². The van der Waals surface area contributed by atoms with Gasteiger partial charge in [0.1, 0.15) is 5.78 Å². The Morgan fingerprint density at radius 1 is 1.03 bits per heavy atom. The zero-order valence-corrected chi connectivity index (χ0v) is 17.4. The number of rotatable bonds is 2. The highest BCUT2D eigenvalue weighted by Gasteiger charge is 2.58. The van der Waals surface area contributed by atoms with Crippen LogP contribution in [0.2, 0.25) is 0 Å². The summed E-state index contributed by atoms with van der Waals surface area (Å²) in [7, 11) is 0. The summed E-state index contributed by atoms with van der Waals surface area (Å²) >= 11 is 0. The van der Waals surface area contributed by atoms with Crippen LogP contribution < -0.4 is 0 Å². The molecule has 0 N–H and O–H groups in total. The lowest BCUT2D eigenvalue weighted by Crippen LogP contribution is -2.48. The van der Waals surface area contributed by atoms with Crippen LogP contribution in [-0.2, 0) is 14.3 Å². The molecule has 0 spiro atoms. The summed E-state index contributed by atoms with van der Waals surface area (Å²) < 4.78 is 5.66. The SMILES string of the molecule is CC12C=CC(=O)C(OC(=O)c3ccccc3)=C1C=CC1C2CCC2(C)C(=O)CCC12. The van der Waals surface area contributed by atoms with E-state index in [1.807, 2.05) is 18.2 Å². The second-order valence-electron chi connectivity index (χ2n) is 9.55. The molecule has 0 aromatic heterocycles. The zero-order valence-electron chi connectivity index (χ0n) is 17.4. The average Bonchev–Trinajstić information content (AvgIpc) is 3.06. The van der Waals surface area contributed by atoms with Crippen LogP contribution >= 0.6 is 0 Å². The highest BCUT2D eigenvalue weighted by molar-refractivity contribution is 6.07. The molecule has 2 saturated carbocycles. The largest absolute Gasteiger partial charge is 0.418 e. The first-order valence-electron chi connectivity index (χ1n) is 10.8. The molecule has 1 aromatic carbocycles. The van der Waals surface area contributed by atoms with Crippen molar-refractivity contribution < 1.29 is 19.1 Å². The molecule has 0 amide bonds. The second-order valence-corrected chi connectivity index (χ2v) is 9.55. The fraction of sp³-hybridized carbons (Fsp3) is 0.423. The molecule has 4 nitrogen and oxygen atoms in total. The third kappa shape index (κ3) is 2.62. The second kappa shape index (κ2) is 6.63. The van der Waals surface area contributed by atoms with E-state index in [-0.39, 0.29) is 28.3 Å². The molecule has 5 rings (SSSR count). The van der Waals surface area contributed by atoms with Crippen LogP contribution in [0, 0.1) is 28.6 Å². The number of hydrogen-bond donors (Lipinski definition) is 0. The van der Waals surface area contributed by atoms with Crippen LogP contribution in [0.25, 0.3) is 0 Å². The van der Waals surface area contributed by atoms with Crippen LogP contribution in [0.15, 0.2) is 66.0 Å². The summed E-state index contributed by atoms with van der Waals surface area (Å²) in [5, 5.41) is 0. The van der Waals surface area contributed by atoms with E-state index in [0.717, 1.165) is 24.8 Å². The Hall–Kier alpha value is -2.75. The van der Waals surface area contributed by atoms with E-state index in [1.165, 1.54) is 0 Å². The van der Waals surface area contributed by atoms with Crippen molar-refractivity contribution in [3.05, 3.63) is 71.5 Å². The molecule has 0 radical (unpaired) electrons. The third-order valence-electron chi connectivity index (χ3n) is 8.13. The molecule has 0 heterocycles.